The number of hydrogen-bond donors (Lipinski definition) is 0. The van der Waals surface area contributed by atoms with Crippen LogP contribution in [0.3, 0.4) is 0 Å². The van der Waals surface area contributed by atoms with Crippen LogP contribution in [-0.4, -0.2) is 34.5 Å². The van der Waals surface area contributed by atoms with Gasteiger partial charge in [0, 0.05) is 12.4 Å². The Bertz CT molecular complexity index is 670. The van der Waals surface area contributed by atoms with E-state index < -0.39 is 11.2 Å². The van der Waals surface area contributed by atoms with E-state index in [1.54, 1.807) is 5.01 Å². The third-order valence-corrected chi connectivity index (χ3v) is 2.42. The Labute approximate surface area is 94.0 Å². The van der Waals surface area contributed by atoms with Crippen molar-refractivity contribution in [2.24, 2.45) is 0 Å². The first-order chi connectivity index (χ1) is 8.27. The molecule has 0 aromatic carbocycles. The number of nitrogens with zero attached hydrogens (tertiary/aromatic N) is 4. The molecule has 3 heterocycles. The minimum absolute atomic E-state index is 0.0315. The molecule has 88 valence electrons. The van der Waals surface area contributed by atoms with Crippen LogP contribution < -0.4 is 16.2 Å². The predicted molar refractivity (Wildman–Crippen MR) is 56.2 cm³/mol. The molecule has 0 aliphatic carbocycles. The van der Waals surface area contributed by atoms with Crippen molar-refractivity contribution < 1.29 is 9.15 Å². The molecule has 1 saturated heterocycles. The third kappa shape index (κ3) is 1.49. The van der Waals surface area contributed by atoms with Gasteiger partial charge in [-0.15, -0.1) is 0 Å². The second-order valence-electron chi connectivity index (χ2n) is 3.46. The summed E-state index contributed by atoms with van der Waals surface area (Å²) in [4.78, 5) is 31.0. The maximum absolute atomic E-state index is 11.8. The third-order valence-electron chi connectivity index (χ3n) is 2.42. The van der Waals surface area contributed by atoms with Crippen LogP contribution in [0.2, 0.25) is 0 Å². The van der Waals surface area contributed by atoms with E-state index in [4.69, 9.17) is 9.15 Å². The van der Waals surface area contributed by atoms with Gasteiger partial charge >= 0.3 is 11.2 Å². The fourth-order valence-corrected chi connectivity index (χ4v) is 1.67. The highest BCUT2D eigenvalue weighted by Crippen LogP contribution is 2.05. The van der Waals surface area contributed by atoms with Crippen LogP contribution in [0.1, 0.15) is 0 Å². The largest absolute Gasteiger partial charge is 0.406 e. The first kappa shape index (κ1) is 9.97. The van der Waals surface area contributed by atoms with Crippen molar-refractivity contribution >= 4 is 11.4 Å². The van der Waals surface area contributed by atoms with Crippen LogP contribution in [0, 0.1) is 0 Å². The van der Waals surface area contributed by atoms with Crippen LogP contribution in [0.5, 0.6) is 0 Å². The molecule has 1 aliphatic rings. The lowest BCUT2D eigenvalue weighted by molar-refractivity contribution is 0.194. The number of aromatic nitrogens is 3. The molecule has 8 heteroatoms. The maximum Gasteiger partial charge on any atom is 0.406 e. The van der Waals surface area contributed by atoms with Crippen LogP contribution in [-0.2, 0) is 4.74 Å². The number of ether oxygens (including phenoxy) is 1. The molecule has 1 aliphatic heterocycles. The van der Waals surface area contributed by atoms with E-state index in [1.807, 2.05) is 0 Å². The monoisotopic (exact) mass is 236 g/mol. The fourth-order valence-electron chi connectivity index (χ4n) is 1.67. The Kier molecular flexibility index (Phi) is 2.15. The second kappa shape index (κ2) is 3.67. The standard InChI is InChI=1S/C9H8N4O4/c14-8-9(15)17-7-6(10-1-2-11-7)13(8)12-3-4-16-5-12/h1-2H,3-5H2. The molecule has 0 bridgehead atoms. The summed E-state index contributed by atoms with van der Waals surface area (Å²) in [6, 6.07) is 0. The van der Waals surface area contributed by atoms with Gasteiger partial charge in [-0.1, -0.05) is 0 Å². The molecular formula is C9H8N4O4. The van der Waals surface area contributed by atoms with Gasteiger partial charge in [-0.05, 0) is 0 Å². The minimum Gasteiger partial charge on any atom is -0.396 e. The summed E-state index contributed by atoms with van der Waals surface area (Å²) in [5, 5.41) is 1.58. The van der Waals surface area contributed by atoms with E-state index in [9.17, 15) is 9.59 Å². The molecular weight excluding hydrogens is 228 g/mol. The summed E-state index contributed by atoms with van der Waals surface area (Å²) < 4.78 is 11.1. The molecule has 3 rings (SSSR count). The average Bonchev–Trinajstić information content (AvgIpc) is 2.84. The first-order valence-corrected chi connectivity index (χ1v) is 4.97. The van der Waals surface area contributed by atoms with Crippen molar-refractivity contribution in [3.63, 3.8) is 0 Å². The zero-order valence-electron chi connectivity index (χ0n) is 8.70. The smallest absolute Gasteiger partial charge is 0.396 e. The van der Waals surface area contributed by atoms with Gasteiger partial charge in [0.2, 0.25) is 5.65 Å². The first-order valence-electron chi connectivity index (χ1n) is 4.97. The highest BCUT2D eigenvalue weighted by atomic mass is 16.5. The molecule has 0 N–H and O–H groups in total. The second-order valence-corrected chi connectivity index (χ2v) is 3.46. The zero-order valence-corrected chi connectivity index (χ0v) is 8.70. The molecule has 0 unspecified atom stereocenters. The number of rotatable bonds is 1. The molecule has 0 atom stereocenters. The summed E-state index contributed by atoms with van der Waals surface area (Å²) >= 11 is 0. The van der Waals surface area contributed by atoms with Crippen molar-refractivity contribution in [2.75, 3.05) is 24.9 Å². The summed E-state index contributed by atoms with van der Waals surface area (Å²) in [5.74, 6) is 0. The van der Waals surface area contributed by atoms with Gasteiger partial charge in [0.1, 0.15) is 6.73 Å². The summed E-state index contributed by atoms with van der Waals surface area (Å²) in [7, 11) is 0. The normalized spacial score (nSPS) is 15.6. The topological polar surface area (TPSA) is 90.5 Å². The SMILES string of the molecule is O=c1oc2nccnc2n(N2CCOC2)c1=O. The van der Waals surface area contributed by atoms with Crippen LogP contribution in [0.15, 0.2) is 26.4 Å². The van der Waals surface area contributed by atoms with Gasteiger partial charge in [-0.3, -0.25) is 9.80 Å². The molecule has 0 spiro atoms. The number of hydrogen-bond acceptors (Lipinski definition) is 7. The molecule has 1 fully saturated rings. The zero-order chi connectivity index (χ0) is 11.8. The van der Waals surface area contributed by atoms with Gasteiger partial charge < -0.3 is 9.15 Å². The molecule has 2 aromatic heterocycles. The van der Waals surface area contributed by atoms with E-state index in [0.29, 0.717) is 13.2 Å². The molecule has 8 nitrogen and oxygen atoms in total. The van der Waals surface area contributed by atoms with Crippen LogP contribution in [0.25, 0.3) is 11.4 Å². The Morgan fingerprint density at radius 1 is 1.24 bits per heavy atom. The summed E-state index contributed by atoms with van der Waals surface area (Å²) in [6.07, 6.45) is 2.82. The number of fused-ring (bicyclic) bond motifs is 1. The highest BCUT2D eigenvalue weighted by molar-refractivity contribution is 5.61. The van der Waals surface area contributed by atoms with Gasteiger partial charge in [-0.25, -0.2) is 14.8 Å². The van der Waals surface area contributed by atoms with Crippen molar-refractivity contribution in [3.8, 4) is 0 Å². The van der Waals surface area contributed by atoms with E-state index >= 15 is 0 Å². The quantitative estimate of drug-likeness (QED) is 0.566. The minimum atomic E-state index is -0.968. The molecule has 2 aromatic rings. The van der Waals surface area contributed by atoms with Gasteiger partial charge in [0.15, 0.2) is 0 Å². The Balaban J connectivity index is 2.37. The van der Waals surface area contributed by atoms with Gasteiger partial charge in [0.25, 0.3) is 5.71 Å². The molecule has 17 heavy (non-hydrogen) atoms. The van der Waals surface area contributed by atoms with E-state index in [1.165, 1.54) is 12.4 Å². The lowest BCUT2D eigenvalue weighted by atomic mass is 10.6. The van der Waals surface area contributed by atoms with E-state index in [0.717, 1.165) is 4.68 Å². The van der Waals surface area contributed by atoms with Crippen LogP contribution >= 0.6 is 0 Å². The van der Waals surface area contributed by atoms with E-state index in [-0.39, 0.29) is 18.1 Å². The molecule has 0 amide bonds. The van der Waals surface area contributed by atoms with E-state index in [2.05, 4.69) is 9.97 Å². The molecule has 0 radical (unpaired) electrons. The fraction of sp³-hybridized carbons (Fsp3) is 0.333. The van der Waals surface area contributed by atoms with Gasteiger partial charge in [-0.2, -0.15) is 4.68 Å². The van der Waals surface area contributed by atoms with Gasteiger partial charge in [0.05, 0.1) is 13.2 Å². The van der Waals surface area contributed by atoms with Crippen molar-refractivity contribution in [1.82, 2.24) is 14.6 Å². The Hall–Kier alpha value is -2.22. The predicted octanol–water partition coefficient (Wildman–Crippen LogP) is -1.33. The maximum atomic E-state index is 11.8. The van der Waals surface area contributed by atoms with Crippen molar-refractivity contribution in [3.05, 3.63) is 33.2 Å². The summed E-state index contributed by atoms with van der Waals surface area (Å²) in [5.41, 5.74) is -1.51. The summed E-state index contributed by atoms with van der Waals surface area (Å²) in [6.45, 7) is 1.23. The van der Waals surface area contributed by atoms with Crippen molar-refractivity contribution in [2.45, 2.75) is 0 Å². The van der Waals surface area contributed by atoms with Crippen molar-refractivity contribution in [1.29, 1.82) is 0 Å². The Morgan fingerprint density at radius 3 is 2.82 bits per heavy atom. The average molecular weight is 236 g/mol. The lowest BCUT2D eigenvalue weighted by Gasteiger charge is -2.17. The Morgan fingerprint density at radius 2 is 2.06 bits per heavy atom. The lowest BCUT2D eigenvalue weighted by Crippen LogP contribution is -2.46. The van der Waals surface area contributed by atoms with Crippen LogP contribution in [0.4, 0.5) is 0 Å². The highest BCUT2D eigenvalue weighted by Gasteiger charge is 2.20. The molecule has 0 saturated carbocycles.